The third-order valence-corrected chi connectivity index (χ3v) is 5.80. The maximum Gasteiger partial charge on any atom is 0.322 e. The van der Waals surface area contributed by atoms with Crippen molar-refractivity contribution < 1.29 is 14.3 Å². The maximum absolute atomic E-state index is 12.6. The number of anilines is 4. The minimum Gasteiger partial charge on any atom is -0.378 e. The minimum atomic E-state index is -0.640. The first-order valence-corrected chi connectivity index (χ1v) is 11.5. The van der Waals surface area contributed by atoms with Gasteiger partial charge in [-0.3, -0.25) is 4.79 Å². The summed E-state index contributed by atoms with van der Waals surface area (Å²) in [7, 11) is 0. The Labute approximate surface area is 207 Å². The number of carbonyl (C=O) groups is 2. The standard InChI is InChI=1S/C24H26ClN7O3/c1-15(16-5-3-2-4-6-16)28-22-18(21(26)33)14-27-23(31-22)29-17-7-8-19(25)20(13-17)30-24(34)32-9-11-35-12-10-32/h2-8,13-15H,9-12H2,1H3,(H2,26,33)(H,30,34)(H2,27,28,29,31)/t15-/m1/s1. The van der Waals surface area contributed by atoms with Crippen molar-refractivity contribution in [2.75, 3.05) is 42.3 Å². The van der Waals surface area contributed by atoms with Gasteiger partial charge in [-0.25, -0.2) is 9.78 Å². The molecule has 0 spiro atoms. The summed E-state index contributed by atoms with van der Waals surface area (Å²) in [5.41, 5.74) is 7.77. The topological polar surface area (TPSA) is 134 Å². The highest BCUT2D eigenvalue weighted by Gasteiger charge is 2.19. The molecule has 1 aromatic heterocycles. The molecule has 2 heterocycles. The number of ether oxygens (including phenoxy) is 1. The normalized spacial score (nSPS) is 14.2. The van der Waals surface area contributed by atoms with Crippen LogP contribution >= 0.6 is 11.6 Å². The average molecular weight is 496 g/mol. The lowest BCUT2D eigenvalue weighted by Gasteiger charge is -2.27. The van der Waals surface area contributed by atoms with Crippen molar-refractivity contribution >= 4 is 46.7 Å². The lowest BCUT2D eigenvalue weighted by molar-refractivity contribution is 0.0564. The molecule has 1 aliphatic heterocycles. The fourth-order valence-corrected chi connectivity index (χ4v) is 3.72. The Morgan fingerprint density at radius 2 is 1.89 bits per heavy atom. The third kappa shape index (κ3) is 6.17. The van der Waals surface area contributed by atoms with Crippen LogP contribution in [-0.2, 0) is 4.74 Å². The van der Waals surface area contributed by atoms with Crippen LogP contribution in [0, 0.1) is 0 Å². The smallest absolute Gasteiger partial charge is 0.322 e. The molecule has 0 saturated carbocycles. The number of rotatable bonds is 7. The molecule has 182 valence electrons. The highest BCUT2D eigenvalue weighted by atomic mass is 35.5. The second-order valence-electron chi connectivity index (χ2n) is 7.95. The molecule has 5 N–H and O–H groups in total. The predicted molar refractivity (Wildman–Crippen MR) is 135 cm³/mol. The van der Waals surface area contributed by atoms with E-state index in [1.165, 1.54) is 6.20 Å². The number of urea groups is 1. The van der Waals surface area contributed by atoms with Crippen LogP contribution in [0.1, 0.15) is 28.9 Å². The van der Waals surface area contributed by atoms with Gasteiger partial charge in [0, 0.05) is 31.0 Å². The van der Waals surface area contributed by atoms with Gasteiger partial charge in [0.1, 0.15) is 5.82 Å². The maximum atomic E-state index is 12.6. The van der Waals surface area contributed by atoms with Gasteiger partial charge in [0.15, 0.2) is 0 Å². The summed E-state index contributed by atoms with van der Waals surface area (Å²) in [6.45, 7) is 3.98. The Bertz CT molecular complexity index is 1200. The molecule has 1 fully saturated rings. The molecule has 2 aromatic carbocycles. The number of nitrogens with one attached hydrogen (secondary N) is 3. The van der Waals surface area contributed by atoms with E-state index < -0.39 is 5.91 Å². The van der Waals surface area contributed by atoms with Crippen molar-refractivity contribution in [2.45, 2.75) is 13.0 Å². The fourth-order valence-electron chi connectivity index (χ4n) is 3.55. The summed E-state index contributed by atoms with van der Waals surface area (Å²) in [5, 5.41) is 9.54. The number of hydrogen-bond acceptors (Lipinski definition) is 7. The predicted octanol–water partition coefficient (Wildman–Crippen LogP) is 4.01. The van der Waals surface area contributed by atoms with Crippen molar-refractivity contribution in [3.8, 4) is 0 Å². The molecular formula is C24H26ClN7O3. The van der Waals surface area contributed by atoms with Gasteiger partial charge >= 0.3 is 6.03 Å². The second-order valence-corrected chi connectivity index (χ2v) is 8.35. The Morgan fingerprint density at radius 3 is 2.60 bits per heavy atom. The van der Waals surface area contributed by atoms with E-state index in [4.69, 9.17) is 22.1 Å². The number of nitrogens with two attached hydrogens (primary N) is 1. The highest BCUT2D eigenvalue weighted by Crippen LogP contribution is 2.28. The molecule has 0 bridgehead atoms. The lowest BCUT2D eigenvalue weighted by atomic mass is 10.1. The van der Waals surface area contributed by atoms with Gasteiger partial charge in [0.25, 0.3) is 5.91 Å². The lowest BCUT2D eigenvalue weighted by Crippen LogP contribution is -2.43. The number of carbonyl (C=O) groups excluding carboxylic acids is 2. The monoisotopic (exact) mass is 495 g/mol. The Balaban J connectivity index is 1.52. The molecule has 0 radical (unpaired) electrons. The van der Waals surface area contributed by atoms with Crippen LogP contribution in [0.15, 0.2) is 54.7 Å². The van der Waals surface area contributed by atoms with Crippen molar-refractivity contribution in [1.29, 1.82) is 0 Å². The summed E-state index contributed by atoms with van der Waals surface area (Å²) < 4.78 is 5.29. The van der Waals surface area contributed by atoms with Gasteiger partial charge in [-0.15, -0.1) is 0 Å². The molecule has 4 rings (SSSR count). The van der Waals surface area contributed by atoms with E-state index in [0.717, 1.165) is 5.56 Å². The molecule has 3 aromatic rings. The van der Waals surface area contributed by atoms with Gasteiger partial charge in [0.2, 0.25) is 5.95 Å². The number of hydrogen-bond donors (Lipinski definition) is 4. The number of primary amides is 1. The Kier molecular flexibility index (Phi) is 7.64. The number of halogens is 1. The summed E-state index contributed by atoms with van der Waals surface area (Å²) in [4.78, 5) is 34.8. The van der Waals surface area contributed by atoms with Gasteiger partial charge in [-0.05, 0) is 30.7 Å². The zero-order chi connectivity index (χ0) is 24.8. The summed E-state index contributed by atoms with van der Waals surface area (Å²) in [6, 6.07) is 14.4. The first-order valence-electron chi connectivity index (χ1n) is 11.1. The van der Waals surface area contributed by atoms with Crippen LogP contribution in [0.3, 0.4) is 0 Å². The van der Waals surface area contributed by atoms with Gasteiger partial charge < -0.3 is 31.3 Å². The van der Waals surface area contributed by atoms with E-state index in [9.17, 15) is 9.59 Å². The molecule has 3 amide bonds. The van der Waals surface area contributed by atoms with Crippen LogP contribution in [0.25, 0.3) is 0 Å². The van der Waals surface area contributed by atoms with E-state index in [0.29, 0.717) is 48.5 Å². The second kappa shape index (κ2) is 11.0. The average Bonchev–Trinajstić information content (AvgIpc) is 2.87. The summed E-state index contributed by atoms with van der Waals surface area (Å²) >= 11 is 6.30. The van der Waals surface area contributed by atoms with E-state index in [1.807, 2.05) is 37.3 Å². The SMILES string of the molecule is C[C@@H](Nc1nc(Nc2ccc(Cl)c(NC(=O)N3CCOCC3)c2)ncc1C(N)=O)c1ccccc1. The fraction of sp³-hybridized carbons (Fsp3) is 0.250. The molecule has 11 heteroatoms. The van der Waals surface area contributed by atoms with E-state index >= 15 is 0 Å². The van der Waals surface area contributed by atoms with Crippen LogP contribution in [0.5, 0.6) is 0 Å². The zero-order valence-electron chi connectivity index (χ0n) is 19.1. The van der Waals surface area contributed by atoms with Crippen molar-refractivity contribution in [2.24, 2.45) is 5.73 Å². The Morgan fingerprint density at radius 1 is 1.14 bits per heavy atom. The first kappa shape index (κ1) is 24.2. The third-order valence-electron chi connectivity index (χ3n) is 5.47. The largest absolute Gasteiger partial charge is 0.378 e. The molecule has 0 aliphatic carbocycles. The quantitative estimate of drug-likeness (QED) is 0.389. The van der Waals surface area contributed by atoms with E-state index in [-0.39, 0.29) is 23.6 Å². The number of benzene rings is 2. The van der Waals surface area contributed by atoms with E-state index in [1.54, 1.807) is 23.1 Å². The molecule has 1 saturated heterocycles. The van der Waals surface area contributed by atoms with Crippen LogP contribution < -0.4 is 21.7 Å². The van der Waals surface area contributed by atoms with E-state index in [2.05, 4.69) is 25.9 Å². The number of amides is 3. The molecule has 1 atom stereocenters. The first-order chi connectivity index (χ1) is 16.9. The molecule has 35 heavy (non-hydrogen) atoms. The molecule has 10 nitrogen and oxygen atoms in total. The van der Waals surface area contributed by atoms with Crippen molar-refractivity contribution in [3.05, 3.63) is 70.9 Å². The van der Waals surface area contributed by atoms with Gasteiger partial charge in [-0.2, -0.15) is 4.98 Å². The van der Waals surface area contributed by atoms with Gasteiger partial charge in [-0.1, -0.05) is 41.9 Å². The van der Waals surface area contributed by atoms with Gasteiger partial charge in [0.05, 0.1) is 29.5 Å². The number of morpholine rings is 1. The molecular weight excluding hydrogens is 470 g/mol. The minimum absolute atomic E-state index is 0.130. The van der Waals surface area contributed by atoms with Crippen LogP contribution in [-0.4, -0.2) is 53.1 Å². The summed E-state index contributed by atoms with van der Waals surface area (Å²) in [5.74, 6) is -0.0920. The molecule has 1 aliphatic rings. The van der Waals surface area contributed by atoms with Crippen molar-refractivity contribution in [1.82, 2.24) is 14.9 Å². The zero-order valence-corrected chi connectivity index (χ0v) is 19.9. The number of nitrogens with zero attached hydrogens (tertiary/aromatic N) is 3. The highest BCUT2D eigenvalue weighted by molar-refractivity contribution is 6.33. The van der Waals surface area contributed by atoms with Crippen LogP contribution in [0.4, 0.5) is 27.9 Å². The summed E-state index contributed by atoms with van der Waals surface area (Å²) in [6.07, 6.45) is 1.37. The van der Waals surface area contributed by atoms with Crippen molar-refractivity contribution in [3.63, 3.8) is 0 Å². The Hall–Kier alpha value is -3.89. The number of aromatic nitrogens is 2. The molecule has 0 unspecified atom stereocenters. The van der Waals surface area contributed by atoms with Crippen LogP contribution in [0.2, 0.25) is 5.02 Å².